The van der Waals surface area contributed by atoms with E-state index in [1.54, 1.807) is 17.0 Å². The number of ether oxygens (including phenoxy) is 2. The van der Waals surface area contributed by atoms with E-state index in [1.165, 1.54) is 0 Å². The van der Waals surface area contributed by atoms with Gasteiger partial charge in [0, 0.05) is 19.2 Å². The molecule has 1 amide bonds. The van der Waals surface area contributed by atoms with Gasteiger partial charge in [0.15, 0.2) is 6.61 Å². The van der Waals surface area contributed by atoms with Crippen LogP contribution in [0.4, 0.5) is 0 Å². The third-order valence-corrected chi connectivity index (χ3v) is 3.87. The predicted octanol–water partition coefficient (Wildman–Crippen LogP) is 2.42. The number of amides is 1. The van der Waals surface area contributed by atoms with Gasteiger partial charge in [-0.1, -0.05) is 19.9 Å². The van der Waals surface area contributed by atoms with Crippen molar-refractivity contribution in [2.75, 3.05) is 26.3 Å². The summed E-state index contributed by atoms with van der Waals surface area (Å²) in [5, 5.41) is 9.08. The molecule has 1 saturated heterocycles. The molecule has 0 bridgehead atoms. The summed E-state index contributed by atoms with van der Waals surface area (Å²) in [5.41, 5.74) is 0. The van der Waals surface area contributed by atoms with E-state index in [2.05, 4.69) is 13.8 Å². The summed E-state index contributed by atoms with van der Waals surface area (Å²) in [6.45, 7) is 5.51. The van der Waals surface area contributed by atoms with E-state index in [0.717, 1.165) is 0 Å². The molecule has 1 atom stereocenters. The zero-order valence-corrected chi connectivity index (χ0v) is 14.2. The largest absolute Gasteiger partial charge is 0.493 e. The Labute approximate surface area is 142 Å². The summed E-state index contributed by atoms with van der Waals surface area (Å²) in [5.74, 6) is 0.194. The molecule has 1 aromatic rings. The van der Waals surface area contributed by atoms with Crippen LogP contribution >= 0.6 is 0 Å². The van der Waals surface area contributed by atoms with E-state index in [1.807, 2.05) is 12.1 Å². The lowest BCUT2D eigenvalue weighted by Gasteiger charge is -2.30. The number of nitrogens with zero attached hydrogens (tertiary/aromatic N) is 1. The molecule has 1 aliphatic rings. The zero-order chi connectivity index (χ0) is 17.5. The van der Waals surface area contributed by atoms with Crippen molar-refractivity contribution in [2.45, 2.75) is 26.7 Å². The average molecular weight is 335 g/mol. The number of likely N-dealkylation sites (tertiary alicyclic amines) is 1. The van der Waals surface area contributed by atoms with Crippen LogP contribution in [0, 0.1) is 11.8 Å². The number of benzene rings is 1. The summed E-state index contributed by atoms with van der Waals surface area (Å²) in [7, 11) is 0. The first kappa shape index (κ1) is 18.1. The minimum Gasteiger partial charge on any atom is -0.493 e. The fourth-order valence-corrected chi connectivity index (χ4v) is 2.56. The van der Waals surface area contributed by atoms with Gasteiger partial charge in [-0.25, -0.2) is 0 Å². The molecule has 0 spiro atoms. The number of hydrogen-bond donors (Lipinski definition) is 1. The summed E-state index contributed by atoms with van der Waals surface area (Å²) < 4.78 is 11.2. The molecule has 0 radical (unpaired) electrons. The van der Waals surface area contributed by atoms with Crippen molar-refractivity contribution < 1.29 is 24.2 Å². The maximum absolute atomic E-state index is 12.2. The molecule has 1 heterocycles. The van der Waals surface area contributed by atoms with Gasteiger partial charge in [-0.3, -0.25) is 9.59 Å². The van der Waals surface area contributed by atoms with Gasteiger partial charge in [-0.05, 0) is 30.9 Å². The lowest BCUT2D eigenvalue weighted by Crippen LogP contribution is -2.44. The van der Waals surface area contributed by atoms with Crippen LogP contribution in [0.2, 0.25) is 0 Å². The number of piperidine rings is 1. The molecular formula is C18H25NO5. The third-order valence-electron chi connectivity index (χ3n) is 3.87. The molecule has 6 heteroatoms. The second-order valence-corrected chi connectivity index (χ2v) is 6.49. The Hall–Kier alpha value is -2.24. The molecule has 24 heavy (non-hydrogen) atoms. The van der Waals surface area contributed by atoms with Crippen molar-refractivity contribution in [3.05, 3.63) is 24.3 Å². The summed E-state index contributed by atoms with van der Waals surface area (Å²) >= 11 is 0. The first-order chi connectivity index (χ1) is 11.5. The predicted molar refractivity (Wildman–Crippen MR) is 89.2 cm³/mol. The van der Waals surface area contributed by atoms with Gasteiger partial charge in [-0.15, -0.1) is 0 Å². The van der Waals surface area contributed by atoms with Crippen LogP contribution in [-0.2, 0) is 9.59 Å². The van der Waals surface area contributed by atoms with E-state index in [4.69, 9.17) is 14.6 Å². The molecule has 6 nitrogen and oxygen atoms in total. The second kappa shape index (κ2) is 8.57. The normalized spacial score (nSPS) is 17.6. The van der Waals surface area contributed by atoms with E-state index < -0.39 is 11.9 Å². The van der Waals surface area contributed by atoms with E-state index >= 15 is 0 Å². The molecule has 0 aromatic heterocycles. The maximum Gasteiger partial charge on any atom is 0.308 e. The Kier molecular flexibility index (Phi) is 6.46. The smallest absolute Gasteiger partial charge is 0.308 e. The molecule has 1 aromatic carbocycles. The van der Waals surface area contributed by atoms with Crippen LogP contribution in [0.25, 0.3) is 0 Å². The SMILES string of the molecule is CC(C)COc1cccc(OCC(=O)N2CCCC(C(=O)O)C2)c1. The highest BCUT2D eigenvalue weighted by Gasteiger charge is 2.28. The van der Waals surface area contributed by atoms with Gasteiger partial charge in [0.2, 0.25) is 0 Å². The molecule has 1 aliphatic heterocycles. The van der Waals surface area contributed by atoms with Gasteiger partial charge in [0.25, 0.3) is 5.91 Å². The number of carbonyl (C=O) groups is 2. The topological polar surface area (TPSA) is 76.1 Å². The number of hydrogen-bond acceptors (Lipinski definition) is 4. The second-order valence-electron chi connectivity index (χ2n) is 6.49. The lowest BCUT2D eigenvalue weighted by atomic mass is 9.98. The van der Waals surface area contributed by atoms with Crippen LogP contribution in [0.1, 0.15) is 26.7 Å². The summed E-state index contributed by atoms with van der Waals surface area (Å²) in [4.78, 5) is 24.9. The highest BCUT2D eigenvalue weighted by atomic mass is 16.5. The quantitative estimate of drug-likeness (QED) is 0.828. The molecule has 1 unspecified atom stereocenters. The molecule has 2 rings (SSSR count). The Bertz CT molecular complexity index is 572. The van der Waals surface area contributed by atoms with E-state index in [0.29, 0.717) is 43.4 Å². The highest BCUT2D eigenvalue weighted by Crippen LogP contribution is 2.21. The van der Waals surface area contributed by atoms with Crippen LogP contribution in [-0.4, -0.2) is 48.2 Å². The first-order valence-corrected chi connectivity index (χ1v) is 8.32. The molecule has 132 valence electrons. The van der Waals surface area contributed by atoms with Gasteiger partial charge >= 0.3 is 5.97 Å². The minimum absolute atomic E-state index is 0.0972. The zero-order valence-electron chi connectivity index (χ0n) is 14.2. The van der Waals surface area contributed by atoms with Crippen LogP contribution in [0.15, 0.2) is 24.3 Å². The van der Waals surface area contributed by atoms with Crippen molar-refractivity contribution in [3.8, 4) is 11.5 Å². The minimum atomic E-state index is -0.844. The van der Waals surface area contributed by atoms with Gasteiger partial charge < -0.3 is 19.5 Å². The van der Waals surface area contributed by atoms with Crippen molar-refractivity contribution in [1.29, 1.82) is 0 Å². The lowest BCUT2D eigenvalue weighted by molar-refractivity contribution is -0.146. The summed E-state index contributed by atoms with van der Waals surface area (Å²) in [6.07, 6.45) is 1.33. The Morgan fingerprint density at radius 2 is 2.00 bits per heavy atom. The Morgan fingerprint density at radius 3 is 2.67 bits per heavy atom. The van der Waals surface area contributed by atoms with Crippen molar-refractivity contribution in [2.24, 2.45) is 11.8 Å². The highest BCUT2D eigenvalue weighted by molar-refractivity contribution is 5.79. The first-order valence-electron chi connectivity index (χ1n) is 8.32. The molecule has 1 fully saturated rings. The van der Waals surface area contributed by atoms with Crippen LogP contribution in [0.5, 0.6) is 11.5 Å². The standard InChI is InChI=1S/C18H25NO5/c1-13(2)11-23-15-6-3-7-16(9-15)24-12-17(20)19-8-4-5-14(10-19)18(21)22/h3,6-7,9,13-14H,4-5,8,10-12H2,1-2H3,(H,21,22). The summed E-state index contributed by atoms with van der Waals surface area (Å²) in [6, 6.07) is 7.19. The maximum atomic E-state index is 12.2. The number of carboxylic acids is 1. The van der Waals surface area contributed by atoms with E-state index in [9.17, 15) is 9.59 Å². The van der Waals surface area contributed by atoms with Crippen molar-refractivity contribution in [1.82, 2.24) is 4.90 Å². The Morgan fingerprint density at radius 1 is 1.29 bits per heavy atom. The number of carbonyl (C=O) groups excluding carboxylic acids is 1. The number of aliphatic carboxylic acids is 1. The van der Waals surface area contributed by atoms with Crippen molar-refractivity contribution >= 4 is 11.9 Å². The molecular weight excluding hydrogens is 310 g/mol. The van der Waals surface area contributed by atoms with Crippen molar-refractivity contribution in [3.63, 3.8) is 0 Å². The number of carboxylic acid groups (broad SMARTS) is 1. The van der Waals surface area contributed by atoms with Crippen LogP contribution in [0.3, 0.4) is 0 Å². The average Bonchev–Trinajstić information content (AvgIpc) is 2.58. The van der Waals surface area contributed by atoms with Gasteiger partial charge in [0.05, 0.1) is 12.5 Å². The van der Waals surface area contributed by atoms with Crippen LogP contribution < -0.4 is 9.47 Å². The monoisotopic (exact) mass is 335 g/mol. The molecule has 0 saturated carbocycles. The van der Waals surface area contributed by atoms with Gasteiger partial charge in [0.1, 0.15) is 11.5 Å². The van der Waals surface area contributed by atoms with Gasteiger partial charge in [-0.2, -0.15) is 0 Å². The fourth-order valence-electron chi connectivity index (χ4n) is 2.56. The Balaban J connectivity index is 1.85. The number of rotatable bonds is 7. The fraction of sp³-hybridized carbons (Fsp3) is 0.556. The third kappa shape index (κ3) is 5.44. The van der Waals surface area contributed by atoms with E-state index in [-0.39, 0.29) is 19.1 Å². The molecule has 1 N–H and O–H groups in total. The molecule has 0 aliphatic carbocycles.